The fourth-order valence-electron chi connectivity index (χ4n) is 3.29. The first-order chi connectivity index (χ1) is 12.0. The average Bonchev–Trinajstić information content (AvgIpc) is 3.11. The number of carbonyl (C=O) groups is 1. The van der Waals surface area contributed by atoms with Gasteiger partial charge in [-0.05, 0) is 44.7 Å². The van der Waals surface area contributed by atoms with Crippen LogP contribution < -0.4 is 15.5 Å². The van der Waals surface area contributed by atoms with Crippen molar-refractivity contribution in [2.45, 2.75) is 33.6 Å². The second-order valence-corrected chi connectivity index (χ2v) is 6.63. The highest BCUT2D eigenvalue weighted by atomic mass is 16.1. The van der Waals surface area contributed by atoms with E-state index in [4.69, 9.17) is 0 Å². The summed E-state index contributed by atoms with van der Waals surface area (Å²) in [6.07, 6.45) is 3.94. The molecule has 0 aliphatic carbocycles. The van der Waals surface area contributed by atoms with Crippen molar-refractivity contribution in [3.05, 3.63) is 41.2 Å². The summed E-state index contributed by atoms with van der Waals surface area (Å²) in [4.78, 5) is 23.1. The number of benzene rings is 1. The highest BCUT2D eigenvalue weighted by Gasteiger charge is 2.14. The van der Waals surface area contributed by atoms with Crippen LogP contribution in [0.15, 0.2) is 24.5 Å². The lowest BCUT2D eigenvalue weighted by molar-refractivity contribution is -0.114. The van der Waals surface area contributed by atoms with Crippen LogP contribution in [-0.4, -0.2) is 35.5 Å². The summed E-state index contributed by atoms with van der Waals surface area (Å²) in [5, 5.41) is 6.08. The van der Waals surface area contributed by atoms with Gasteiger partial charge in [0.25, 0.3) is 0 Å². The van der Waals surface area contributed by atoms with Crippen LogP contribution in [0, 0.1) is 20.8 Å². The molecule has 6 nitrogen and oxygen atoms in total. The molecule has 132 valence electrons. The van der Waals surface area contributed by atoms with Crippen LogP contribution in [-0.2, 0) is 4.79 Å². The lowest BCUT2D eigenvalue weighted by Crippen LogP contribution is -2.24. The van der Waals surface area contributed by atoms with Crippen molar-refractivity contribution < 1.29 is 4.79 Å². The van der Waals surface area contributed by atoms with Gasteiger partial charge in [-0.3, -0.25) is 4.79 Å². The molecule has 1 aromatic heterocycles. The number of amides is 1. The van der Waals surface area contributed by atoms with Gasteiger partial charge in [0.1, 0.15) is 18.0 Å². The molecule has 2 heterocycles. The highest BCUT2D eigenvalue weighted by Crippen LogP contribution is 2.22. The molecule has 1 amide bonds. The molecular weight excluding hydrogens is 314 g/mol. The smallest absolute Gasteiger partial charge is 0.243 e. The maximum Gasteiger partial charge on any atom is 0.243 e. The van der Waals surface area contributed by atoms with Gasteiger partial charge in [-0.1, -0.05) is 17.7 Å². The van der Waals surface area contributed by atoms with Gasteiger partial charge in [0.05, 0.1) is 6.54 Å². The number of carbonyl (C=O) groups excluding carboxylic acids is 1. The van der Waals surface area contributed by atoms with Crippen LogP contribution in [0.1, 0.15) is 29.5 Å². The van der Waals surface area contributed by atoms with Crippen molar-refractivity contribution in [2.24, 2.45) is 0 Å². The molecule has 1 aliphatic heterocycles. The summed E-state index contributed by atoms with van der Waals surface area (Å²) in [5.41, 5.74) is 4.23. The standard InChI is InChI=1S/C19H25N5O/c1-13-8-14(2)19(15(3)9-13)23-18(25)11-20-16-10-17(22-12-21-16)24-6-4-5-7-24/h8-10,12H,4-7,11H2,1-3H3,(H,23,25)(H,20,21,22). The molecule has 2 aromatic rings. The SMILES string of the molecule is Cc1cc(C)c(NC(=O)CNc2cc(N3CCCC3)ncn2)c(C)c1. The molecule has 6 heteroatoms. The second-order valence-electron chi connectivity index (χ2n) is 6.63. The van der Waals surface area contributed by atoms with E-state index >= 15 is 0 Å². The van der Waals surface area contributed by atoms with Gasteiger partial charge in [-0.25, -0.2) is 9.97 Å². The Kier molecular flexibility index (Phi) is 5.16. The molecule has 1 saturated heterocycles. The van der Waals surface area contributed by atoms with E-state index < -0.39 is 0 Å². The Morgan fingerprint density at radius 1 is 1.08 bits per heavy atom. The zero-order valence-corrected chi connectivity index (χ0v) is 15.1. The third-order valence-electron chi connectivity index (χ3n) is 4.45. The largest absolute Gasteiger partial charge is 0.361 e. The van der Waals surface area contributed by atoms with E-state index in [0.29, 0.717) is 5.82 Å². The van der Waals surface area contributed by atoms with Gasteiger partial charge in [-0.15, -0.1) is 0 Å². The van der Waals surface area contributed by atoms with E-state index in [1.54, 1.807) is 6.33 Å². The molecule has 0 radical (unpaired) electrons. The molecule has 25 heavy (non-hydrogen) atoms. The van der Waals surface area contributed by atoms with Crippen LogP contribution in [0.25, 0.3) is 0 Å². The fraction of sp³-hybridized carbons (Fsp3) is 0.421. The number of rotatable bonds is 5. The topological polar surface area (TPSA) is 70.2 Å². The Morgan fingerprint density at radius 2 is 1.76 bits per heavy atom. The van der Waals surface area contributed by atoms with Crippen molar-refractivity contribution in [2.75, 3.05) is 35.2 Å². The number of nitrogens with zero attached hydrogens (tertiary/aromatic N) is 3. The maximum atomic E-state index is 12.3. The van der Waals surface area contributed by atoms with Crippen LogP contribution in [0.2, 0.25) is 0 Å². The monoisotopic (exact) mass is 339 g/mol. The van der Waals surface area contributed by atoms with E-state index in [2.05, 4.69) is 44.6 Å². The highest BCUT2D eigenvalue weighted by molar-refractivity contribution is 5.95. The third-order valence-corrected chi connectivity index (χ3v) is 4.45. The van der Waals surface area contributed by atoms with Crippen LogP contribution in [0.4, 0.5) is 17.3 Å². The molecule has 1 aliphatic rings. The molecule has 1 fully saturated rings. The molecule has 2 N–H and O–H groups in total. The first-order valence-corrected chi connectivity index (χ1v) is 8.71. The van der Waals surface area contributed by atoms with Gasteiger partial charge in [0.2, 0.25) is 5.91 Å². The minimum absolute atomic E-state index is 0.0867. The number of aryl methyl sites for hydroxylation is 3. The maximum absolute atomic E-state index is 12.3. The van der Waals surface area contributed by atoms with Gasteiger partial charge >= 0.3 is 0 Å². The van der Waals surface area contributed by atoms with Crippen molar-refractivity contribution in [3.8, 4) is 0 Å². The number of hydrogen-bond donors (Lipinski definition) is 2. The number of nitrogens with one attached hydrogen (secondary N) is 2. The Hall–Kier alpha value is -2.63. The van der Waals surface area contributed by atoms with Crippen molar-refractivity contribution in [3.63, 3.8) is 0 Å². The lowest BCUT2D eigenvalue weighted by atomic mass is 10.1. The van der Waals surface area contributed by atoms with Gasteiger partial charge in [0.15, 0.2) is 0 Å². The van der Waals surface area contributed by atoms with Crippen LogP contribution >= 0.6 is 0 Å². The lowest BCUT2D eigenvalue weighted by Gasteiger charge is -2.17. The summed E-state index contributed by atoms with van der Waals surface area (Å²) < 4.78 is 0. The summed E-state index contributed by atoms with van der Waals surface area (Å²) in [6.45, 7) is 8.31. The van der Waals surface area contributed by atoms with E-state index in [1.165, 1.54) is 18.4 Å². The minimum atomic E-state index is -0.0867. The van der Waals surface area contributed by atoms with E-state index in [1.807, 2.05) is 19.9 Å². The van der Waals surface area contributed by atoms with E-state index in [0.717, 1.165) is 35.7 Å². The van der Waals surface area contributed by atoms with Gasteiger partial charge in [-0.2, -0.15) is 0 Å². The van der Waals surface area contributed by atoms with Gasteiger partial charge < -0.3 is 15.5 Å². The molecule has 0 bridgehead atoms. The van der Waals surface area contributed by atoms with Crippen LogP contribution in [0.5, 0.6) is 0 Å². The summed E-state index contributed by atoms with van der Waals surface area (Å²) in [7, 11) is 0. The zero-order valence-electron chi connectivity index (χ0n) is 15.1. The van der Waals surface area contributed by atoms with Gasteiger partial charge in [0, 0.05) is 24.8 Å². The second kappa shape index (κ2) is 7.51. The number of anilines is 3. The molecule has 3 rings (SSSR count). The fourth-order valence-corrected chi connectivity index (χ4v) is 3.29. The molecular formula is C19H25N5O. The molecule has 0 atom stereocenters. The molecule has 1 aromatic carbocycles. The number of hydrogen-bond acceptors (Lipinski definition) is 5. The molecule has 0 unspecified atom stereocenters. The third kappa shape index (κ3) is 4.26. The van der Waals surface area contributed by atoms with Crippen molar-refractivity contribution in [1.29, 1.82) is 0 Å². The minimum Gasteiger partial charge on any atom is -0.361 e. The predicted molar refractivity (Wildman–Crippen MR) is 101 cm³/mol. The summed E-state index contributed by atoms with van der Waals surface area (Å²) >= 11 is 0. The Balaban J connectivity index is 1.60. The summed E-state index contributed by atoms with van der Waals surface area (Å²) in [6, 6.07) is 6.05. The quantitative estimate of drug-likeness (QED) is 0.876. The number of aromatic nitrogens is 2. The predicted octanol–water partition coefficient (Wildman–Crippen LogP) is 3.05. The Morgan fingerprint density at radius 3 is 2.44 bits per heavy atom. The van der Waals surface area contributed by atoms with E-state index in [-0.39, 0.29) is 12.5 Å². The van der Waals surface area contributed by atoms with Crippen molar-refractivity contribution >= 4 is 23.2 Å². The average molecular weight is 339 g/mol. The Labute approximate surface area is 148 Å². The van der Waals surface area contributed by atoms with Crippen LogP contribution in [0.3, 0.4) is 0 Å². The normalized spacial score (nSPS) is 13.8. The summed E-state index contributed by atoms with van der Waals surface area (Å²) in [5.74, 6) is 1.50. The Bertz CT molecular complexity index is 745. The molecule has 0 saturated carbocycles. The zero-order chi connectivity index (χ0) is 17.8. The molecule has 0 spiro atoms. The first kappa shape index (κ1) is 17.2. The first-order valence-electron chi connectivity index (χ1n) is 8.71. The van der Waals surface area contributed by atoms with E-state index in [9.17, 15) is 4.79 Å². The van der Waals surface area contributed by atoms with Crippen molar-refractivity contribution in [1.82, 2.24) is 9.97 Å².